The molecule has 0 saturated carbocycles. The Morgan fingerprint density at radius 3 is 2.67 bits per heavy atom. The third kappa shape index (κ3) is 3.31. The van der Waals surface area contributed by atoms with E-state index in [9.17, 15) is 0 Å². The fourth-order valence-corrected chi connectivity index (χ4v) is 2.58. The van der Waals surface area contributed by atoms with Crippen LogP contribution < -0.4 is 5.32 Å². The fraction of sp³-hybridized carbons (Fsp3) is 0.125. The van der Waals surface area contributed by atoms with Crippen molar-refractivity contribution in [3.05, 3.63) is 64.4 Å². The average molecular weight is 343 g/mol. The first kappa shape index (κ1) is 13.8. The summed E-state index contributed by atoms with van der Waals surface area (Å²) in [4.78, 5) is 4.38. The van der Waals surface area contributed by atoms with E-state index in [1.165, 1.54) is 5.56 Å². The second-order valence-corrected chi connectivity index (χ2v) is 5.76. The third-order valence-electron chi connectivity index (χ3n) is 3.27. The first-order chi connectivity index (χ1) is 10.2. The molecule has 2 heterocycles. The molecule has 3 rings (SSSR count). The molecule has 2 N–H and O–H groups in total. The lowest BCUT2D eigenvalue weighted by molar-refractivity contribution is 1.09. The molecule has 0 unspecified atom stereocenters. The smallest absolute Gasteiger partial charge is 0.129 e. The van der Waals surface area contributed by atoms with Crippen molar-refractivity contribution in [2.24, 2.45) is 0 Å². The summed E-state index contributed by atoms with van der Waals surface area (Å²) in [5.41, 5.74) is 4.50. The number of pyridine rings is 1. The van der Waals surface area contributed by atoms with E-state index >= 15 is 0 Å². The monoisotopic (exact) mass is 342 g/mol. The summed E-state index contributed by atoms with van der Waals surface area (Å²) in [6.45, 7) is 2.79. The van der Waals surface area contributed by atoms with E-state index in [0.29, 0.717) is 0 Å². The minimum absolute atomic E-state index is 0.749. The summed E-state index contributed by atoms with van der Waals surface area (Å²) >= 11 is 3.42. The Labute approximate surface area is 131 Å². The van der Waals surface area contributed by atoms with Gasteiger partial charge in [-0.15, -0.1) is 0 Å². The van der Waals surface area contributed by atoms with Crippen LogP contribution in [0.25, 0.3) is 11.3 Å². The molecule has 0 fully saturated rings. The molecular weight excluding hydrogens is 328 g/mol. The quantitative estimate of drug-likeness (QED) is 0.748. The zero-order chi connectivity index (χ0) is 14.7. The number of halogens is 1. The highest BCUT2D eigenvalue weighted by atomic mass is 79.9. The maximum atomic E-state index is 4.38. The Morgan fingerprint density at radius 2 is 2.00 bits per heavy atom. The molecule has 0 amide bonds. The Balaban J connectivity index is 1.68. The van der Waals surface area contributed by atoms with Crippen molar-refractivity contribution in [1.29, 1.82) is 0 Å². The minimum atomic E-state index is 0.749. The van der Waals surface area contributed by atoms with E-state index in [1.54, 1.807) is 12.4 Å². The fourth-order valence-electron chi connectivity index (χ4n) is 2.13. The lowest BCUT2D eigenvalue weighted by Gasteiger charge is -2.09. The third-order valence-corrected chi connectivity index (χ3v) is 3.70. The second kappa shape index (κ2) is 6.10. The number of nitrogens with zero attached hydrogens (tertiary/aromatic N) is 2. The number of nitrogens with one attached hydrogen (secondary N) is 2. The molecular formula is C16H15BrN4. The lowest BCUT2D eigenvalue weighted by Crippen LogP contribution is -2.03. The SMILES string of the molecule is Cc1cc(Br)cnc1NCc1ccc(-c2ccn[nH]2)cc1. The second-order valence-electron chi connectivity index (χ2n) is 4.84. The van der Waals surface area contributed by atoms with Crippen LogP contribution in [-0.2, 0) is 6.54 Å². The highest BCUT2D eigenvalue weighted by Gasteiger charge is 2.02. The normalized spacial score (nSPS) is 10.6. The average Bonchev–Trinajstić information content (AvgIpc) is 3.01. The summed E-state index contributed by atoms with van der Waals surface area (Å²) in [6.07, 6.45) is 3.56. The van der Waals surface area contributed by atoms with Crippen LogP contribution in [0.15, 0.2) is 53.3 Å². The van der Waals surface area contributed by atoms with Gasteiger partial charge in [-0.25, -0.2) is 4.98 Å². The van der Waals surface area contributed by atoms with Crippen LogP contribution in [0.2, 0.25) is 0 Å². The van der Waals surface area contributed by atoms with Crippen LogP contribution in [0.1, 0.15) is 11.1 Å². The summed E-state index contributed by atoms with van der Waals surface area (Å²) in [5, 5.41) is 10.3. The largest absolute Gasteiger partial charge is 0.366 e. The first-order valence-electron chi connectivity index (χ1n) is 6.67. The van der Waals surface area contributed by atoms with Crippen molar-refractivity contribution in [2.45, 2.75) is 13.5 Å². The highest BCUT2D eigenvalue weighted by Crippen LogP contribution is 2.19. The van der Waals surface area contributed by atoms with Crippen LogP contribution in [0.3, 0.4) is 0 Å². The summed E-state index contributed by atoms with van der Waals surface area (Å²) in [7, 11) is 0. The number of anilines is 1. The van der Waals surface area contributed by atoms with Crippen LogP contribution >= 0.6 is 15.9 Å². The van der Waals surface area contributed by atoms with Crippen LogP contribution in [-0.4, -0.2) is 15.2 Å². The molecule has 21 heavy (non-hydrogen) atoms. The minimum Gasteiger partial charge on any atom is -0.366 e. The maximum Gasteiger partial charge on any atom is 0.129 e. The predicted octanol–water partition coefficient (Wildman–Crippen LogP) is 4.15. The van der Waals surface area contributed by atoms with Crippen molar-refractivity contribution in [2.75, 3.05) is 5.32 Å². The molecule has 2 aromatic heterocycles. The molecule has 106 valence electrons. The number of aryl methyl sites for hydroxylation is 1. The molecule has 5 heteroatoms. The molecule has 0 aliphatic heterocycles. The van der Waals surface area contributed by atoms with E-state index in [4.69, 9.17) is 0 Å². The van der Waals surface area contributed by atoms with Crippen molar-refractivity contribution in [3.8, 4) is 11.3 Å². The lowest BCUT2D eigenvalue weighted by atomic mass is 10.1. The van der Waals surface area contributed by atoms with Gasteiger partial charge < -0.3 is 5.32 Å². The molecule has 3 aromatic rings. The molecule has 4 nitrogen and oxygen atoms in total. The van der Waals surface area contributed by atoms with Gasteiger partial charge in [0, 0.05) is 23.4 Å². The number of aromatic amines is 1. The van der Waals surface area contributed by atoms with Gasteiger partial charge in [-0.1, -0.05) is 24.3 Å². The summed E-state index contributed by atoms with van der Waals surface area (Å²) < 4.78 is 0.995. The van der Waals surface area contributed by atoms with Gasteiger partial charge in [0.1, 0.15) is 5.82 Å². The Bertz CT molecular complexity index is 721. The van der Waals surface area contributed by atoms with Crippen LogP contribution in [0.5, 0.6) is 0 Å². The van der Waals surface area contributed by atoms with Crippen molar-refractivity contribution >= 4 is 21.7 Å². The van der Waals surface area contributed by atoms with Gasteiger partial charge in [-0.2, -0.15) is 5.10 Å². The van der Waals surface area contributed by atoms with E-state index in [-0.39, 0.29) is 0 Å². The number of H-pyrrole nitrogens is 1. The molecule has 0 spiro atoms. The zero-order valence-electron chi connectivity index (χ0n) is 11.6. The Morgan fingerprint density at radius 1 is 1.19 bits per heavy atom. The summed E-state index contributed by atoms with van der Waals surface area (Å²) in [5.74, 6) is 0.913. The molecule has 0 radical (unpaired) electrons. The van der Waals surface area contributed by atoms with Gasteiger partial charge >= 0.3 is 0 Å². The number of rotatable bonds is 4. The molecule has 0 atom stereocenters. The zero-order valence-corrected chi connectivity index (χ0v) is 13.2. The van der Waals surface area contributed by atoms with E-state index < -0.39 is 0 Å². The Kier molecular flexibility index (Phi) is 4.01. The van der Waals surface area contributed by atoms with E-state index in [0.717, 1.165) is 33.7 Å². The van der Waals surface area contributed by atoms with Gasteiger partial charge in [-0.3, -0.25) is 5.10 Å². The maximum absolute atomic E-state index is 4.38. The summed E-state index contributed by atoms with van der Waals surface area (Å²) in [6, 6.07) is 12.4. The van der Waals surface area contributed by atoms with Crippen molar-refractivity contribution in [3.63, 3.8) is 0 Å². The van der Waals surface area contributed by atoms with Gasteiger partial charge in [0.2, 0.25) is 0 Å². The number of benzene rings is 1. The number of hydrogen-bond donors (Lipinski definition) is 2. The number of hydrogen-bond acceptors (Lipinski definition) is 3. The molecule has 1 aromatic carbocycles. The van der Waals surface area contributed by atoms with Crippen LogP contribution in [0.4, 0.5) is 5.82 Å². The number of aromatic nitrogens is 3. The van der Waals surface area contributed by atoms with Gasteiger partial charge in [0.05, 0.1) is 5.69 Å². The molecule has 0 aliphatic rings. The standard InChI is InChI=1S/C16H15BrN4/c1-11-8-14(17)10-19-16(11)18-9-12-2-4-13(5-3-12)15-6-7-20-21-15/h2-8,10H,9H2,1H3,(H,18,19)(H,20,21). The predicted molar refractivity (Wildman–Crippen MR) is 88.0 cm³/mol. The molecule has 0 aliphatic carbocycles. The molecule has 0 bridgehead atoms. The molecule has 0 saturated heterocycles. The van der Waals surface area contributed by atoms with Gasteiger partial charge in [0.15, 0.2) is 0 Å². The topological polar surface area (TPSA) is 53.6 Å². The van der Waals surface area contributed by atoms with Gasteiger partial charge in [-0.05, 0) is 51.7 Å². The highest BCUT2D eigenvalue weighted by molar-refractivity contribution is 9.10. The van der Waals surface area contributed by atoms with E-state index in [2.05, 4.69) is 66.8 Å². The van der Waals surface area contributed by atoms with Crippen molar-refractivity contribution < 1.29 is 0 Å². The van der Waals surface area contributed by atoms with Crippen LogP contribution in [0, 0.1) is 6.92 Å². The van der Waals surface area contributed by atoms with E-state index in [1.807, 2.05) is 13.0 Å². The first-order valence-corrected chi connectivity index (χ1v) is 7.46. The van der Waals surface area contributed by atoms with Crippen molar-refractivity contribution in [1.82, 2.24) is 15.2 Å². The van der Waals surface area contributed by atoms with Gasteiger partial charge in [0.25, 0.3) is 0 Å². The Hall–Kier alpha value is -2.14.